The van der Waals surface area contributed by atoms with E-state index in [2.05, 4.69) is 20.6 Å². The summed E-state index contributed by atoms with van der Waals surface area (Å²) < 4.78 is 10.9. The fourth-order valence-electron chi connectivity index (χ4n) is 2.76. The number of hydrogen-bond acceptors (Lipinski definition) is 6. The Labute approximate surface area is 194 Å². The Bertz CT molecular complexity index is 1260. The van der Waals surface area contributed by atoms with Crippen molar-refractivity contribution in [2.45, 2.75) is 0 Å². The van der Waals surface area contributed by atoms with Crippen molar-refractivity contribution in [1.29, 1.82) is 0 Å². The third kappa shape index (κ3) is 6.20. The number of hydrogen-bond donors (Lipinski definition) is 3. The number of halogens is 1. The second kappa shape index (κ2) is 11.0. The number of nitrogens with zero attached hydrogens (tertiary/aromatic N) is 1. The molecule has 0 aliphatic carbocycles. The summed E-state index contributed by atoms with van der Waals surface area (Å²) >= 11 is 6.04. The van der Waals surface area contributed by atoms with Crippen molar-refractivity contribution in [1.82, 2.24) is 15.3 Å². The van der Waals surface area contributed by atoms with Gasteiger partial charge in [0, 0.05) is 13.2 Å². The van der Waals surface area contributed by atoms with Crippen LogP contribution in [0.3, 0.4) is 0 Å². The number of carbonyl (C=O) groups is 2. The molecule has 1 heterocycles. The van der Waals surface area contributed by atoms with Crippen LogP contribution in [0, 0.1) is 0 Å². The van der Waals surface area contributed by atoms with Gasteiger partial charge in [-0.05, 0) is 35.9 Å². The van der Waals surface area contributed by atoms with Crippen LogP contribution in [0.15, 0.2) is 53.5 Å². The number of carbonyl (C=O) groups excluding carboxylic acids is 2. The lowest BCUT2D eigenvalue weighted by atomic mass is 10.2. The third-order valence-corrected chi connectivity index (χ3v) is 4.75. The molecule has 0 unspecified atom stereocenters. The predicted molar refractivity (Wildman–Crippen MR) is 126 cm³/mol. The van der Waals surface area contributed by atoms with E-state index in [0.717, 1.165) is 5.56 Å². The van der Waals surface area contributed by atoms with Gasteiger partial charge in [0.05, 0.1) is 17.8 Å². The Hall–Kier alpha value is -4.11. The van der Waals surface area contributed by atoms with Gasteiger partial charge in [0.25, 0.3) is 17.4 Å². The molecule has 0 atom stereocenters. The number of benzene rings is 2. The zero-order valence-corrected chi connectivity index (χ0v) is 18.6. The van der Waals surface area contributed by atoms with Crippen molar-refractivity contribution in [2.75, 3.05) is 26.1 Å². The first-order valence-electron chi connectivity index (χ1n) is 9.76. The van der Waals surface area contributed by atoms with Crippen LogP contribution in [0.1, 0.15) is 21.7 Å². The predicted octanol–water partition coefficient (Wildman–Crippen LogP) is 2.98. The van der Waals surface area contributed by atoms with Gasteiger partial charge >= 0.3 is 0 Å². The van der Waals surface area contributed by atoms with Crippen LogP contribution in [0.5, 0.6) is 11.5 Å². The van der Waals surface area contributed by atoms with Crippen LogP contribution in [0.25, 0.3) is 12.2 Å². The minimum absolute atomic E-state index is 0.0728. The number of para-hydroxylation sites is 1. The molecule has 10 heteroatoms. The largest absolute Gasteiger partial charge is 0.493 e. The summed E-state index contributed by atoms with van der Waals surface area (Å²) in [7, 11) is 2.91. The van der Waals surface area contributed by atoms with Gasteiger partial charge in [-0.3, -0.25) is 14.4 Å². The fraction of sp³-hybridized carbons (Fsp3) is 0.130. The van der Waals surface area contributed by atoms with Crippen molar-refractivity contribution in [3.63, 3.8) is 0 Å². The molecule has 33 heavy (non-hydrogen) atoms. The lowest BCUT2D eigenvalue weighted by Crippen LogP contribution is -2.27. The maximum absolute atomic E-state index is 12.2. The lowest BCUT2D eigenvalue weighted by Gasteiger charge is -2.12. The first-order chi connectivity index (χ1) is 15.9. The standard InChI is InChI=1S/C23H21ClN4O5/c1-25-22(30)15-12-26-20(28-23(15)31)10-8-14-7-9-18(19(11-14)32-2)33-13-21(29)27-17-6-4-3-5-16(17)24/h3-12H,13H2,1-2H3,(H,25,30)(H,27,29)(H,26,28,31)/b10-8+. The van der Waals surface area contributed by atoms with Crippen LogP contribution >= 0.6 is 11.6 Å². The smallest absolute Gasteiger partial charge is 0.263 e. The van der Waals surface area contributed by atoms with Gasteiger partial charge in [0.2, 0.25) is 0 Å². The minimum Gasteiger partial charge on any atom is -0.493 e. The highest BCUT2D eigenvalue weighted by atomic mass is 35.5. The van der Waals surface area contributed by atoms with E-state index in [1.165, 1.54) is 20.4 Å². The van der Waals surface area contributed by atoms with Gasteiger partial charge < -0.3 is 25.1 Å². The first kappa shape index (κ1) is 23.6. The number of nitrogens with one attached hydrogen (secondary N) is 3. The average Bonchev–Trinajstić information content (AvgIpc) is 2.82. The third-order valence-electron chi connectivity index (χ3n) is 4.42. The maximum atomic E-state index is 12.2. The highest BCUT2D eigenvalue weighted by molar-refractivity contribution is 6.33. The molecule has 0 spiro atoms. The Morgan fingerprint density at radius 3 is 2.64 bits per heavy atom. The molecule has 0 saturated heterocycles. The summed E-state index contributed by atoms with van der Waals surface area (Å²) in [5, 5.41) is 5.48. The van der Waals surface area contributed by atoms with Crippen molar-refractivity contribution < 1.29 is 19.1 Å². The number of amides is 2. The summed E-state index contributed by atoms with van der Waals surface area (Å²) in [6.07, 6.45) is 4.50. The minimum atomic E-state index is -0.541. The van der Waals surface area contributed by atoms with Crippen LogP contribution in [-0.2, 0) is 4.79 Å². The van der Waals surface area contributed by atoms with Crippen molar-refractivity contribution in [3.05, 3.63) is 81.0 Å². The molecule has 2 aromatic carbocycles. The van der Waals surface area contributed by atoms with Crippen LogP contribution in [-0.4, -0.2) is 42.5 Å². The fourth-order valence-corrected chi connectivity index (χ4v) is 2.95. The molecule has 3 N–H and O–H groups in total. The Morgan fingerprint density at radius 2 is 1.94 bits per heavy atom. The summed E-state index contributed by atoms with van der Waals surface area (Å²) in [6.45, 7) is -0.236. The summed E-state index contributed by atoms with van der Waals surface area (Å²) in [5.74, 6) is 0.192. The van der Waals surface area contributed by atoms with E-state index in [1.807, 2.05) is 0 Å². The van der Waals surface area contributed by atoms with Crippen molar-refractivity contribution in [2.24, 2.45) is 0 Å². The van der Waals surface area contributed by atoms with Crippen LogP contribution < -0.4 is 25.7 Å². The van der Waals surface area contributed by atoms with Gasteiger partial charge in [-0.2, -0.15) is 0 Å². The molecule has 9 nitrogen and oxygen atoms in total. The number of H-pyrrole nitrogens is 1. The van der Waals surface area contributed by atoms with Gasteiger partial charge in [-0.25, -0.2) is 4.98 Å². The van der Waals surface area contributed by atoms with E-state index in [9.17, 15) is 14.4 Å². The normalized spacial score (nSPS) is 10.6. The van der Waals surface area contributed by atoms with E-state index in [-0.39, 0.29) is 23.9 Å². The Balaban J connectivity index is 1.66. The molecule has 0 aliphatic heterocycles. The first-order valence-corrected chi connectivity index (χ1v) is 10.1. The molecule has 0 fully saturated rings. The topological polar surface area (TPSA) is 122 Å². The number of ether oxygens (including phenoxy) is 2. The van der Waals surface area contributed by atoms with E-state index in [4.69, 9.17) is 21.1 Å². The summed E-state index contributed by atoms with van der Waals surface area (Å²) in [6, 6.07) is 12.0. The average molecular weight is 469 g/mol. The van der Waals surface area contributed by atoms with Gasteiger partial charge in [-0.1, -0.05) is 35.9 Å². The quantitative estimate of drug-likeness (QED) is 0.467. The number of aromatic amines is 1. The molecular weight excluding hydrogens is 448 g/mol. The van der Waals surface area contributed by atoms with Gasteiger partial charge in [0.15, 0.2) is 18.1 Å². The van der Waals surface area contributed by atoms with E-state index >= 15 is 0 Å². The number of methoxy groups -OCH3 is 1. The van der Waals surface area contributed by atoms with E-state index < -0.39 is 11.5 Å². The second-order valence-corrected chi connectivity index (χ2v) is 7.06. The summed E-state index contributed by atoms with van der Waals surface area (Å²) in [5.41, 5.74) is 0.616. The Kier molecular flexibility index (Phi) is 7.82. The molecule has 2 amide bonds. The zero-order valence-electron chi connectivity index (χ0n) is 17.8. The molecule has 170 valence electrons. The second-order valence-electron chi connectivity index (χ2n) is 6.65. The van der Waals surface area contributed by atoms with E-state index in [0.29, 0.717) is 22.2 Å². The maximum Gasteiger partial charge on any atom is 0.263 e. The molecule has 0 aliphatic rings. The molecule has 0 saturated carbocycles. The number of rotatable bonds is 8. The zero-order chi connectivity index (χ0) is 23.8. The SMILES string of the molecule is CNC(=O)c1cnc(/C=C/c2ccc(OCC(=O)Nc3ccccc3Cl)c(OC)c2)[nH]c1=O. The van der Waals surface area contributed by atoms with Crippen molar-refractivity contribution in [3.8, 4) is 11.5 Å². The number of anilines is 1. The molecule has 0 radical (unpaired) electrons. The molecule has 1 aromatic heterocycles. The molecule has 3 aromatic rings. The Morgan fingerprint density at radius 1 is 1.15 bits per heavy atom. The van der Waals surface area contributed by atoms with Crippen LogP contribution in [0.4, 0.5) is 5.69 Å². The monoisotopic (exact) mass is 468 g/mol. The van der Waals surface area contributed by atoms with Gasteiger partial charge in [-0.15, -0.1) is 0 Å². The van der Waals surface area contributed by atoms with E-state index in [1.54, 1.807) is 54.6 Å². The molecular formula is C23H21ClN4O5. The molecule has 0 bridgehead atoms. The highest BCUT2D eigenvalue weighted by Gasteiger charge is 2.11. The highest BCUT2D eigenvalue weighted by Crippen LogP contribution is 2.29. The number of aromatic nitrogens is 2. The molecule has 3 rings (SSSR count). The lowest BCUT2D eigenvalue weighted by molar-refractivity contribution is -0.118. The van der Waals surface area contributed by atoms with Crippen LogP contribution in [0.2, 0.25) is 5.02 Å². The van der Waals surface area contributed by atoms with Crippen molar-refractivity contribution >= 4 is 41.3 Å². The summed E-state index contributed by atoms with van der Waals surface area (Å²) in [4.78, 5) is 42.3. The van der Waals surface area contributed by atoms with Gasteiger partial charge in [0.1, 0.15) is 11.4 Å².